The SMILES string of the molecule is COC[C@@H]1C[C@H]2C=C[C@H]2N1C. The predicted molar refractivity (Wildman–Crippen MR) is 44.5 cm³/mol. The number of ether oxygens (including phenoxy) is 1. The maximum absolute atomic E-state index is 5.15. The number of likely N-dealkylation sites (N-methyl/N-ethyl adjacent to an activating group) is 1. The summed E-state index contributed by atoms with van der Waals surface area (Å²) in [6.45, 7) is 0.880. The van der Waals surface area contributed by atoms with E-state index in [1.165, 1.54) is 6.42 Å². The highest BCUT2D eigenvalue weighted by Crippen LogP contribution is 2.36. The second kappa shape index (κ2) is 2.61. The summed E-state index contributed by atoms with van der Waals surface area (Å²) < 4.78 is 5.15. The van der Waals surface area contributed by atoms with Gasteiger partial charge in [0.25, 0.3) is 0 Å². The van der Waals surface area contributed by atoms with Crippen molar-refractivity contribution in [2.24, 2.45) is 5.92 Å². The molecule has 2 aliphatic rings. The largest absolute Gasteiger partial charge is 0.383 e. The Morgan fingerprint density at radius 2 is 2.36 bits per heavy atom. The van der Waals surface area contributed by atoms with Crippen LogP contribution in [0.2, 0.25) is 0 Å². The molecule has 0 spiro atoms. The fourth-order valence-electron chi connectivity index (χ4n) is 2.13. The van der Waals surface area contributed by atoms with E-state index in [9.17, 15) is 0 Å². The summed E-state index contributed by atoms with van der Waals surface area (Å²) in [5, 5.41) is 0. The van der Waals surface area contributed by atoms with E-state index in [4.69, 9.17) is 4.74 Å². The zero-order chi connectivity index (χ0) is 7.84. The summed E-state index contributed by atoms with van der Waals surface area (Å²) in [5.74, 6) is 0.820. The quantitative estimate of drug-likeness (QED) is 0.546. The molecule has 2 nitrogen and oxygen atoms in total. The van der Waals surface area contributed by atoms with E-state index >= 15 is 0 Å². The third-order valence-corrected chi connectivity index (χ3v) is 2.94. The van der Waals surface area contributed by atoms with Gasteiger partial charge in [-0.2, -0.15) is 0 Å². The van der Waals surface area contributed by atoms with Gasteiger partial charge in [-0.25, -0.2) is 0 Å². The second-order valence-electron chi connectivity index (χ2n) is 3.55. The van der Waals surface area contributed by atoms with Crippen molar-refractivity contribution in [1.29, 1.82) is 0 Å². The van der Waals surface area contributed by atoms with Crippen LogP contribution in [0.15, 0.2) is 12.2 Å². The van der Waals surface area contributed by atoms with E-state index < -0.39 is 0 Å². The molecule has 1 saturated heterocycles. The molecule has 0 N–H and O–H groups in total. The molecule has 0 amide bonds. The average molecular weight is 153 g/mol. The summed E-state index contributed by atoms with van der Waals surface area (Å²) >= 11 is 0. The Bertz CT molecular complexity index is 178. The molecule has 0 radical (unpaired) electrons. The lowest BCUT2D eigenvalue weighted by Gasteiger charge is -2.28. The summed E-state index contributed by atoms with van der Waals surface area (Å²) in [4.78, 5) is 2.42. The summed E-state index contributed by atoms with van der Waals surface area (Å²) in [7, 11) is 3.97. The molecule has 0 aromatic rings. The van der Waals surface area contributed by atoms with Crippen molar-refractivity contribution in [3.05, 3.63) is 12.2 Å². The minimum atomic E-state index is 0.644. The average Bonchev–Trinajstić information content (AvgIpc) is 2.11. The number of fused-ring (bicyclic) bond motifs is 1. The van der Waals surface area contributed by atoms with Gasteiger partial charge in [0.1, 0.15) is 0 Å². The number of rotatable bonds is 2. The van der Waals surface area contributed by atoms with Gasteiger partial charge in [0.15, 0.2) is 0 Å². The fourth-order valence-corrected chi connectivity index (χ4v) is 2.13. The third-order valence-electron chi connectivity index (χ3n) is 2.94. The van der Waals surface area contributed by atoms with Gasteiger partial charge in [-0.15, -0.1) is 0 Å². The van der Waals surface area contributed by atoms with E-state index in [1.54, 1.807) is 7.11 Å². The van der Waals surface area contributed by atoms with Crippen molar-refractivity contribution in [2.45, 2.75) is 18.5 Å². The molecule has 1 heterocycles. The van der Waals surface area contributed by atoms with Crippen LogP contribution in [0, 0.1) is 5.92 Å². The van der Waals surface area contributed by atoms with Gasteiger partial charge in [-0.3, -0.25) is 4.90 Å². The zero-order valence-corrected chi connectivity index (χ0v) is 7.16. The van der Waals surface area contributed by atoms with Crippen molar-refractivity contribution in [1.82, 2.24) is 4.90 Å². The lowest BCUT2D eigenvalue weighted by atomic mass is 9.89. The summed E-state index contributed by atoms with van der Waals surface area (Å²) in [6, 6.07) is 1.36. The third kappa shape index (κ3) is 1.01. The molecule has 2 rings (SSSR count). The minimum Gasteiger partial charge on any atom is -0.383 e. The van der Waals surface area contributed by atoms with Crippen molar-refractivity contribution in [3.8, 4) is 0 Å². The van der Waals surface area contributed by atoms with Crippen LogP contribution >= 0.6 is 0 Å². The lowest BCUT2D eigenvalue weighted by molar-refractivity contribution is 0.120. The number of likely N-dealkylation sites (tertiary alicyclic amines) is 1. The molecule has 1 aliphatic heterocycles. The number of hydrogen-bond donors (Lipinski definition) is 0. The molecule has 1 fully saturated rings. The Morgan fingerprint density at radius 1 is 1.55 bits per heavy atom. The molecule has 0 unspecified atom stereocenters. The van der Waals surface area contributed by atoms with Crippen molar-refractivity contribution in [2.75, 3.05) is 20.8 Å². The van der Waals surface area contributed by atoms with Gasteiger partial charge in [-0.05, 0) is 19.4 Å². The number of nitrogens with zero attached hydrogens (tertiary/aromatic N) is 1. The van der Waals surface area contributed by atoms with Gasteiger partial charge in [-0.1, -0.05) is 12.2 Å². The highest BCUT2D eigenvalue weighted by Gasteiger charge is 2.39. The summed E-state index contributed by atoms with van der Waals surface area (Å²) in [6.07, 6.45) is 5.89. The standard InChI is InChI=1S/C9H15NO/c1-10-8(6-11-2)5-7-3-4-9(7)10/h3-4,7-9H,5-6H2,1-2H3/t7-,8+,9-/m1/s1. The summed E-state index contributed by atoms with van der Waals surface area (Å²) in [5.41, 5.74) is 0. The van der Waals surface area contributed by atoms with Crippen LogP contribution in [-0.2, 0) is 4.74 Å². The Morgan fingerprint density at radius 3 is 2.73 bits per heavy atom. The normalized spacial score (nSPS) is 42.2. The topological polar surface area (TPSA) is 12.5 Å². The van der Waals surface area contributed by atoms with Crippen LogP contribution in [0.5, 0.6) is 0 Å². The first-order chi connectivity index (χ1) is 5.33. The predicted octanol–water partition coefficient (Wildman–Crippen LogP) is 0.892. The Kier molecular flexibility index (Phi) is 1.74. The Balaban J connectivity index is 1.96. The number of methoxy groups -OCH3 is 1. The molecule has 2 heteroatoms. The molecular weight excluding hydrogens is 138 g/mol. The first-order valence-electron chi connectivity index (χ1n) is 4.22. The van der Waals surface area contributed by atoms with Crippen LogP contribution in [0.4, 0.5) is 0 Å². The first-order valence-corrected chi connectivity index (χ1v) is 4.22. The van der Waals surface area contributed by atoms with Crippen LogP contribution < -0.4 is 0 Å². The fraction of sp³-hybridized carbons (Fsp3) is 0.778. The maximum atomic E-state index is 5.15. The molecule has 0 aromatic heterocycles. The Labute approximate surface area is 67.8 Å². The smallest absolute Gasteiger partial charge is 0.0618 e. The van der Waals surface area contributed by atoms with E-state index in [0.717, 1.165) is 18.6 Å². The van der Waals surface area contributed by atoms with Crippen LogP contribution in [-0.4, -0.2) is 37.7 Å². The van der Waals surface area contributed by atoms with Gasteiger partial charge in [0, 0.05) is 19.2 Å². The molecule has 0 saturated carbocycles. The molecule has 11 heavy (non-hydrogen) atoms. The van der Waals surface area contributed by atoms with Crippen LogP contribution in [0.1, 0.15) is 6.42 Å². The monoisotopic (exact) mass is 153 g/mol. The highest BCUT2D eigenvalue weighted by atomic mass is 16.5. The van der Waals surface area contributed by atoms with E-state index in [-0.39, 0.29) is 0 Å². The van der Waals surface area contributed by atoms with E-state index in [2.05, 4.69) is 24.1 Å². The first kappa shape index (κ1) is 7.32. The van der Waals surface area contributed by atoms with E-state index in [1.807, 2.05) is 0 Å². The molecule has 62 valence electrons. The van der Waals surface area contributed by atoms with Gasteiger partial charge in [0.2, 0.25) is 0 Å². The minimum absolute atomic E-state index is 0.644. The van der Waals surface area contributed by atoms with Gasteiger partial charge in [0.05, 0.1) is 6.61 Å². The van der Waals surface area contributed by atoms with Gasteiger partial charge >= 0.3 is 0 Å². The van der Waals surface area contributed by atoms with Crippen LogP contribution in [0.3, 0.4) is 0 Å². The zero-order valence-electron chi connectivity index (χ0n) is 7.16. The maximum Gasteiger partial charge on any atom is 0.0618 e. The Hall–Kier alpha value is -0.340. The van der Waals surface area contributed by atoms with E-state index in [0.29, 0.717) is 6.04 Å². The van der Waals surface area contributed by atoms with Crippen molar-refractivity contribution >= 4 is 0 Å². The number of hydrogen-bond acceptors (Lipinski definition) is 2. The van der Waals surface area contributed by atoms with Crippen molar-refractivity contribution < 1.29 is 4.74 Å². The molecule has 0 bridgehead atoms. The second-order valence-corrected chi connectivity index (χ2v) is 3.55. The van der Waals surface area contributed by atoms with Gasteiger partial charge < -0.3 is 4.74 Å². The molecule has 0 aromatic carbocycles. The lowest BCUT2D eigenvalue weighted by Crippen LogP contribution is -2.36. The molecule has 1 aliphatic carbocycles. The highest BCUT2D eigenvalue weighted by molar-refractivity contribution is 5.19. The van der Waals surface area contributed by atoms with Crippen LogP contribution in [0.25, 0.3) is 0 Å². The molecular formula is C9H15NO. The molecule has 3 atom stereocenters. The van der Waals surface area contributed by atoms with Crippen molar-refractivity contribution in [3.63, 3.8) is 0 Å².